The molecule has 2 aromatic rings. The Balaban J connectivity index is 1.55. The third-order valence-electron chi connectivity index (χ3n) is 4.36. The Bertz CT molecular complexity index is 763. The number of amides is 1. The van der Waals surface area contributed by atoms with Gasteiger partial charge in [-0.15, -0.1) is 11.3 Å². The summed E-state index contributed by atoms with van der Waals surface area (Å²) in [5, 5.41) is 16.4. The monoisotopic (exact) mass is 298 g/mol. The molecule has 0 aliphatic carbocycles. The quantitative estimate of drug-likeness (QED) is 0.886. The number of nitrogens with one attached hydrogen (secondary N) is 2. The molecule has 2 fully saturated rings. The highest BCUT2D eigenvalue weighted by Gasteiger charge is 2.39. The zero-order valence-electron chi connectivity index (χ0n) is 11.3. The number of hydrogen-bond acceptors (Lipinski definition) is 5. The van der Waals surface area contributed by atoms with Crippen LogP contribution >= 0.6 is 11.3 Å². The molecule has 0 spiro atoms. The lowest BCUT2D eigenvalue weighted by atomic mass is 9.95. The van der Waals surface area contributed by atoms with E-state index < -0.39 is 0 Å². The van der Waals surface area contributed by atoms with Crippen LogP contribution in [-0.2, 0) is 0 Å². The van der Waals surface area contributed by atoms with E-state index in [1.807, 2.05) is 0 Å². The number of carbonyl (C=O) groups is 1. The minimum atomic E-state index is -0.124. The van der Waals surface area contributed by atoms with Gasteiger partial charge in [0, 0.05) is 24.3 Å². The first-order valence-electron chi connectivity index (χ1n) is 7.09. The molecule has 4 heterocycles. The molecule has 5 nitrogen and oxygen atoms in total. The van der Waals surface area contributed by atoms with E-state index in [0.717, 1.165) is 22.9 Å². The first-order valence-corrected chi connectivity index (χ1v) is 7.91. The largest absolute Gasteiger partial charge is 0.346 e. The predicted molar refractivity (Wildman–Crippen MR) is 80.2 cm³/mol. The third-order valence-corrected chi connectivity index (χ3v) is 5.35. The zero-order chi connectivity index (χ0) is 14.4. The van der Waals surface area contributed by atoms with Gasteiger partial charge in [-0.25, -0.2) is 4.98 Å². The third kappa shape index (κ3) is 2.19. The second-order valence-electron chi connectivity index (χ2n) is 5.69. The van der Waals surface area contributed by atoms with Gasteiger partial charge in [-0.05, 0) is 36.8 Å². The first-order chi connectivity index (χ1) is 10.2. The van der Waals surface area contributed by atoms with Crippen LogP contribution in [0.25, 0.3) is 10.1 Å². The van der Waals surface area contributed by atoms with Crippen LogP contribution in [0, 0.1) is 11.3 Å². The summed E-state index contributed by atoms with van der Waals surface area (Å²) < 4.78 is 0.935. The summed E-state index contributed by atoms with van der Waals surface area (Å²) in [6.45, 7) is 0. The number of nitriles is 1. The fourth-order valence-electron chi connectivity index (χ4n) is 3.35. The van der Waals surface area contributed by atoms with Crippen LogP contribution in [0.4, 0.5) is 0 Å². The SMILES string of the molecule is N#Cc1cc2cc(C(=O)N[C@@H]3C[C@H]4CC[C@@H]3N4)ncc2s1. The molecule has 106 valence electrons. The number of rotatable bonds is 2. The standard InChI is InChI=1S/C15H14N4OS/c16-6-10-3-8-4-13(17-7-14(8)21-10)15(20)19-12-5-9-1-2-11(12)18-9/h3-4,7,9,11-12,18H,1-2,5H2,(H,19,20)/t9-,11+,12-/m1/s1. The maximum atomic E-state index is 12.3. The molecule has 0 aromatic carbocycles. The fourth-order valence-corrected chi connectivity index (χ4v) is 4.16. The van der Waals surface area contributed by atoms with Crippen LogP contribution in [0.15, 0.2) is 18.3 Å². The molecule has 1 amide bonds. The van der Waals surface area contributed by atoms with Crippen LogP contribution in [0.5, 0.6) is 0 Å². The van der Waals surface area contributed by atoms with E-state index in [9.17, 15) is 4.79 Å². The Morgan fingerprint density at radius 2 is 2.38 bits per heavy atom. The highest BCUT2D eigenvalue weighted by atomic mass is 32.1. The topological polar surface area (TPSA) is 77.8 Å². The first kappa shape index (κ1) is 12.7. The summed E-state index contributed by atoms with van der Waals surface area (Å²) in [4.78, 5) is 17.2. The molecule has 2 aromatic heterocycles. The van der Waals surface area contributed by atoms with E-state index in [4.69, 9.17) is 5.26 Å². The van der Waals surface area contributed by atoms with Crippen molar-refractivity contribution in [1.29, 1.82) is 5.26 Å². The van der Waals surface area contributed by atoms with Crippen molar-refractivity contribution in [2.75, 3.05) is 0 Å². The van der Waals surface area contributed by atoms with Gasteiger partial charge in [0.1, 0.15) is 16.6 Å². The van der Waals surface area contributed by atoms with E-state index in [0.29, 0.717) is 22.7 Å². The van der Waals surface area contributed by atoms with E-state index in [-0.39, 0.29) is 11.9 Å². The molecule has 3 atom stereocenters. The van der Waals surface area contributed by atoms with Crippen molar-refractivity contribution in [3.8, 4) is 6.07 Å². The van der Waals surface area contributed by atoms with Crippen molar-refractivity contribution < 1.29 is 4.79 Å². The molecule has 2 aliphatic rings. The van der Waals surface area contributed by atoms with Crippen molar-refractivity contribution in [3.05, 3.63) is 28.9 Å². The smallest absolute Gasteiger partial charge is 0.270 e. The molecule has 21 heavy (non-hydrogen) atoms. The Kier molecular flexibility index (Phi) is 2.91. The Hall–Kier alpha value is -1.97. The van der Waals surface area contributed by atoms with E-state index in [1.165, 1.54) is 17.8 Å². The molecule has 6 heteroatoms. The number of pyridine rings is 1. The van der Waals surface area contributed by atoms with Gasteiger partial charge in [0.15, 0.2) is 0 Å². The highest BCUT2D eigenvalue weighted by molar-refractivity contribution is 7.19. The Labute approximate surface area is 126 Å². The van der Waals surface area contributed by atoms with Crippen LogP contribution < -0.4 is 10.6 Å². The second kappa shape index (κ2) is 4.79. The molecule has 0 unspecified atom stereocenters. The molecule has 4 rings (SSSR count). The van der Waals surface area contributed by atoms with E-state index >= 15 is 0 Å². The van der Waals surface area contributed by atoms with Crippen molar-refractivity contribution in [2.45, 2.75) is 37.4 Å². The van der Waals surface area contributed by atoms with Crippen LogP contribution in [0.3, 0.4) is 0 Å². The van der Waals surface area contributed by atoms with Crippen molar-refractivity contribution in [1.82, 2.24) is 15.6 Å². The van der Waals surface area contributed by atoms with Gasteiger partial charge in [-0.2, -0.15) is 5.26 Å². The lowest BCUT2D eigenvalue weighted by molar-refractivity contribution is 0.0926. The zero-order valence-corrected chi connectivity index (χ0v) is 12.1. The molecule has 0 saturated carbocycles. The van der Waals surface area contributed by atoms with Gasteiger partial charge in [0.2, 0.25) is 0 Å². The van der Waals surface area contributed by atoms with Crippen LogP contribution in [0.2, 0.25) is 0 Å². The van der Waals surface area contributed by atoms with Crippen molar-refractivity contribution in [2.24, 2.45) is 0 Å². The average Bonchev–Trinajstić information content (AvgIpc) is 3.20. The van der Waals surface area contributed by atoms with Gasteiger partial charge in [-0.1, -0.05) is 0 Å². The van der Waals surface area contributed by atoms with Gasteiger partial charge in [0.25, 0.3) is 5.91 Å². The number of fused-ring (bicyclic) bond motifs is 3. The van der Waals surface area contributed by atoms with E-state index in [2.05, 4.69) is 21.7 Å². The van der Waals surface area contributed by atoms with Crippen molar-refractivity contribution in [3.63, 3.8) is 0 Å². The fraction of sp³-hybridized carbons (Fsp3) is 0.400. The van der Waals surface area contributed by atoms with Gasteiger partial charge >= 0.3 is 0 Å². The summed E-state index contributed by atoms with van der Waals surface area (Å²) >= 11 is 1.40. The second-order valence-corrected chi connectivity index (χ2v) is 6.78. The summed E-state index contributed by atoms with van der Waals surface area (Å²) in [6.07, 6.45) is 5.04. The van der Waals surface area contributed by atoms with Gasteiger partial charge in [-0.3, -0.25) is 4.79 Å². The van der Waals surface area contributed by atoms with Crippen molar-refractivity contribution >= 4 is 27.3 Å². The molecular weight excluding hydrogens is 284 g/mol. The number of thiophene rings is 1. The van der Waals surface area contributed by atoms with Crippen LogP contribution in [0.1, 0.15) is 34.6 Å². The molecule has 2 aliphatic heterocycles. The summed E-state index contributed by atoms with van der Waals surface area (Å²) in [7, 11) is 0. The minimum absolute atomic E-state index is 0.124. The molecule has 2 saturated heterocycles. The maximum Gasteiger partial charge on any atom is 0.270 e. The highest BCUT2D eigenvalue weighted by Crippen LogP contribution is 2.29. The minimum Gasteiger partial charge on any atom is -0.346 e. The van der Waals surface area contributed by atoms with Gasteiger partial charge in [0.05, 0.1) is 4.70 Å². The Morgan fingerprint density at radius 3 is 3.10 bits per heavy atom. The number of nitrogens with zero attached hydrogens (tertiary/aromatic N) is 2. The van der Waals surface area contributed by atoms with Crippen LogP contribution in [-0.4, -0.2) is 29.0 Å². The number of hydrogen-bond donors (Lipinski definition) is 2. The average molecular weight is 298 g/mol. The molecule has 2 bridgehead atoms. The lowest BCUT2D eigenvalue weighted by Crippen LogP contribution is -2.43. The number of aromatic nitrogens is 1. The predicted octanol–water partition coefficient (Wildman–Crippen LogP) is 1.79. The molecule has 0 radical (unpaired) electrons. The lowest BCUT2D eigenvalue weighted by Gasteiger charge is -2.21. The maximum absolute atomic E-state index is 12.3. The summed E-state index contributed by atoms with van der Waals surface area (Å²) in [5.74, 6) is -0.124. The summed E-state index contributed by atoms with van der Waals surface area (Å²) in [6, 6.07) is 6.88. The Morgan fingerprint density at radius 1 is 1.48 bits per heavy atom. The van der Waals surface area contributed by atoms with E-state index in [1.54, 1.807) is 18.3 Å². The summed E-state index contributed by atoms with van der Waals surface area (Å²) in [5.41, 5.74) is 0.424. The van der Waals surface area contributed by atoms with Gasteiger partial charge < -0.3 is 10.6 Å². The molecule has 2 N–H and O–H groups in total. The molecular formula is C15H14N4OS. The normalized spacial score (nSPS) is 26.9. The number of carbonyl (C=O) groups excluding carboxylic acids is 1.